The number of hydrogen-bond donors (Lipinski definition) is 1. The highest BCUT2D eigenvalue weighted by Gasteiger charge is 2.32. The van der Waals surface area contributed by atoms with Crippen LogP contribution in [0, 0.1) is 0 Å². The molecule has 0 atom stereocenters. The van der Waals surface area contributed by atoms with Gasteiger partial charge in [0.05, 0.1) is 0 Å². The van der Waals surface area contributed by atoms with Gasteiger partial charge in [0.1, 0.15) is 22.5 Å². The van der Waals surface area contributed by atoms with Crippen LogP contribution in [0.4, 0.5) is 0 Å². The topological polar surface area (TPSA) is 50.9 Å². The van der Waals surface area contributed by atoms with Gasteiger partial charge < -0.3 is 5.11 Å². The van der Waals surface area contributed by atoms with Gasteiger partial charge in [0.2, 0.25) is 0 Å². The van der Waals surface area contributed by atoms with Gasteiger partial charge in [-0.25, -0.2) is 0 Å². The highest BCUT2D eigenvalue weighted by Crippen LogP contribution is 2.43. The Hall–Kier alpha value is -3.92. The smallest absolute Gasteiger partial charge is 0.147 e. The van der Waals surface area contributed by atoms with Gasteiger partial charge in [-0.1, -0.05) is 107 Å². The molecule has 178 valence electrons. The van der Waals surface area contributed by atoms with Crippen molar-refractivity contribution in [3.8, 4) is 11.4 Å². The monoisotopic (exact) mass is 463 g/mol. The first-order valence-corrected chi connectivity index (χ1v) is 11.9. The third kappa shape index (κ3) is 4.57. The third-order valence-electron chi connectivity index (χ3n) is 6.89. The lowest BCUT2D eigenvalue weighted by atomic mass is 9.72. The molecule has 0 aliphatic carbocycles. The first kappa shape index (κ1) is 24.2. The average Bonchev–Trinajstić information content (AvgIpc) is 3.28. The van der Waals surface area contributed by atoms with Crippen molar-refractivity contribution in [2.24, 2.45) is 0 Å². The second-order valence-corrected chi connectivity index (χ2v) is 9.90. The van der Waals surface area contributed by atoms with Gasteiger partial charge >= 0.3 is 0 Å². The molecule has 0 aliphatic heterocycles. The van der Waals surface area contributed by atoms with Crippen LogP contribution in [-0.2, 0) is 10.8 Å². The summed E-state index contributed by atoms with van der Waals surface area (Å²) < 4.78 is 0. The molecule has 0 radical (unpaired) electrons. The lowest BCUT2D eigenvalue weighted by Crippen LogP contribution is -2.24. The van der Waals surface area contributed by atoms with E-state index in [1.807, 2.05) is 79.8 Å². The normalized spacial score (nSPS) is 12.7. The predicted molar refractivity (Wildman–Crippen MR) is 145 cm³/mol. The number of phenolic OH excluding ortho intramolecular Hbond substituents is 1. The number of allylic oxidation sites excluding steroid dienone is 5. The van der Waals surface area contributed by atoms with Crippen molar-refractivity contribution in [1.82, 2.24) is 15.0 Å². The summed E-state index contributed by atoms with van der Waals surface area (Å²) in [7, 11) is 0. The van der Waals surface area contributed by atoms with Crippen LogP contribution >= 0.6 is 0 Å². The molecule has 0 spiro atoms. The summed E-state index contributed by atoms with van der Waals surface area (Å²) in [6.07, 6.45) is 8.02. The maximum Gasteiger partial charge on any atom is 0.147 e. The number of phenols is 1. The SMILES string of the molecule is C=C(/C=C\C=C/C)C(C)(C)c1cc(-n2nc3ccccc3n2)c(O)c(C(C)(C)c2ccccc2)c1. The summed E-state index contributed by atoms with van der Waals surface area (Å²) in [6, 6.07) is 22.0. The fourth-order valence-electron chi connectivity index (χ4n) is 4.26. The Morgan fingerprint density at radius 2 is 1.46 bits per heavy atom. The van der Waals surface area contributed by atoms with E-state index in [0.717, 1.165) is 33.3 Å². The summed E-state index contributed by atoms with van der Waals surface area (Å²) in [5, 5.41) is 21.0. The molecule has 0 aliphatic rings. The van der Waals surface area contributed by atoms with Crippen LogP contribution in [0.3, 0.4) is 0 Å². The molecule has 4 rings (SSSR count). The molecule has 0 amide bonds. The Morgan fingerprint density at radius 1 is 0.857 bits per heavy atom. The Labute approximate surface area is 207 Å². The van der Waals surface area contributed by atoms with Gasteiger partial charge in [-0.15, -0.1) is 15.0 Å². The van der Waals surface area contributed by atoms with Crippen LogP contribution in [0.5, 0.6) is 5.75 Å². The summed E-state index contributed by atoms with van der Waals surface area (Å²) in [6.45, 7) is 14.9. The summed E-state index contributed by atoms with van der Waals surface area (Å²) in [5.74, 6) is 0.175. The van der Waals surface area contributed by atoms with Crippen molar-refractivity contribution in [2.75, 3.05) is 0 Å². The standard InChI is InChI=1S/C31H33N3O/c1-7-8-10-15-22(2)30(3,4)24-20-25(31(5,6)23-16-11-9-12-17-23)29(35)28(21-24)34-32-26-18-13-14-19-27(26)33-34/h7-21,35H,2H2,1,3-6H3/b8-7-,15-10-. The van der Waals surface area contributed by atoms with Gasteiger partial charge in [-0.05, 0) is 41.8 Å². The maximum absolute atomic E-state index is 11.6. The Balaban J connectivity index is 1.96. The predicted octanol–water partition coefficient (Wildman–Crippen LogP) is 7.42. The van der Waals surface area contributed by atoms with Gasteiger partial charge in [0.25, 0.3) is 0 Å². The van der Waals surface area contributed by atoms with Crippen molar-refractivity contribution in [3.63, 3.8) is 0 Å². The number of rotatable bonds is 7. The highest BCUT2D eigenvalue weighted by molar-refractivity contribution is 5.74. The molecule has 0 bridgehead atoms. The van der Waals surface area contributed by atoms with E-state index in [9.17, 15) is 5.11 Å². The van der Waals surface area contributed by atoms with Crippen molar-refractivity contribution in [1.29, 1.82) is 0 Å². The molecule has 4 aromatic rings. The molecule has 3 aromatic carbocycles. The van der Waals surface area contributed by atoms with E-state index in [1.54, 1.807) is 4.80 Å². The molecule has 0 saturated carbocycles. The Kier molecular flexibility index (Phi) is 6.49. The van der Waals surface area contributed by atoms with Crippen LogP contribution in [0.1, 0.15) is 51.3 Å². The quantitative estimate of drug-likeness (QED) is 0.290. The van der Waals surface area contributed by atoms with Crippen molar-refractivity contribution >= 4 is 11.0 Å². The second kappa shape index (κ2) is 9.38. The molecule has 4 heteroatoms. The van der Waals surface area contributed by atoms with Crippen LogP contribution in [0.2, 0.25) is 0 Å². The number of aromatic nitrogens is 3. The van der Waals surface area contributed by atoms with E-state index < -0.39 is 10.8 Å². The van der Waals surface area contributed by atoms with E-state index in [4.69, 9.17) is 0 Å². The highest BCUT2D eigenvalue weighted by atomic mass is 16.3. The fourth-order valence-corrected chi connectivity index (χ4v) is 4.26. The summed E-state index contributed by atoms with van der Waals surface area (Å²) in [4.78, 5) is 1.54. The van der Waals surface area contributed by atoms with Crippen molar-refractivity contribution in [2.45, 2.75) is 45.4 Å². The van der Waals surface area contributed by atoms with Crippen LogP contribution < -0.4 is 0 Å². The first-order chi connectivity index (χ1) is 16.7. The molecule has 1 aromatic heterocycles. The van der Waals surface area contributed by atoms with E-state index in [1.165, 1.54) is 0 Å². The minimum absolute atomic E-state index is 0.175. The van der Waals surface area contributed by atoms with E-state index in [0.29, 0.717) is 5.69 Å². The minimum atomic E-state index is -0.457. The molecule has 0 saturated heterocycles. The molecule has 0 fully saturated rings. The van der Waals surface area contributed by atoms with Gasteiger partial charge in [0, 0.05) is 16.4 Å². The number of hydrogen-bond acceptors (Lipinski definition) is 3. The van der Waals surface area contributed by atoms with Crippen molar-refractivity contribution < 1.29 is 5.11 Å². The number of benzene rings is 3. The maximum atomic E-state index is 11.6. The Morgan fingerprint density at radius 3 is 2.06 bits per heavy atom. The zero-order valence-corrected chi connectivity index (χ0v) is 21.2. The van der Waals surface area contributed by atoms with Gasteiger partial charge in [-0.2, -0.15) is 0 Å². The van der Waals surface area contributed by atoms with Gasteiger partial charge in [-0.3, -0.25) is 0 Å². The number of fused-ring (bicyclic) bond motifs is 1. The molecule has 35 heavy (non-hydrogen) atoms. The second-order valence-electron chi connectivity index (χ2n) is 9.90. The third-order valence-corrected chi connectivity index (χ3v) is 6.89. The summed E-state index contributed by atoms with van der Waals surface area (Å²) >= 11 is 0. The zero-order valence-electron chi connectivity index (χ0n) is 21.2. The van der Waals surface area contributed by atoms with Gasteiger partial charge in [0.15, 0.2) is 0 Å². The molecule has 1 N–H and O–H groups in total. The van der Waals surface area contributed by atoms with Crippen LogP contribution in [0.15, 0.2) is 103 Å². The summed E-state index contributed by atoms with van der Waals surface area (Å²) in [5.41, 5.74) is 5.18. The molecule has 4 nitrogen and oxygen atoms in total. The van der Waals surface area contributed by atoms with E-state index in [2.05, 4.69) is 62.7 Å². The van der Waals surface area contributed by atoms with Crippen LogP contribution in [0.25, 0.3) is 16.7 Å². The molecular weight excluding hydrogens is 430 g/mol. The lowest BCUT2D eigenvalue weighted by Gasteiger charge is -2.32. The average molecular weight is 464 g/mol. The first-order valence-electron chi connectivity index (χ1n) is 11.9. The molecule has 1 heterocycles. The van der Waals surface area contributed by atoms with Crippen molar-refractivity contribution in [3.05, 3.63) is 120 Å². The molecule has 0 unspecified atom stereocenters. The lowest BCUT2D eigenvalue weighted by molar-refractivity contribution is 0.445. The van der Waals surface area contributed by atoms with E-state index >= 15 is 0 Å². The Bertz CT molecular complexity index is 1390. The number of aromatic hydroxyl groups is 1. The minimum Gasteiger partial charge on any atom is -0.505 e. The number of nitrogens with zero attached hydrogens (tertiary/aromatic N) is 3. The largest absolute Gasteiger partial charge is 0.505 e. The zero-order chi connectivity index (χ0) is 25.2. The fraction of sp³-hybridized carbons (Fsp3) is 0.226. The van der Waals surface area contributed by atoms with Crippen LogP contribution in [-0.4, -0.2) is 20.1 Å². The van der Waals surface area contributed by atoms with E-state index in [-0.39, 0.29) is 5.75 Å². The molecular formula is C31H33N3O.